The maximum Gasteiger partial charge on any atom is 0.124 e. The van der Waals surface area contributed by atoms with Crippen LogP contribution in [0.1, 0.15) is 17.2 Å². The summed E-state index contributed by atoms with van der Waals surface area (Å²) in [5.74, 6) is 0.683. The quantitative estimate of drug-likeness (QED) is 0.890. The summed E-state index contributed by atoms with van der Waals surface area (Å²) in [6.45, 7) is 0. The van der Waals surface area contributed by atoms with Gasteiger partial charge in [-0.2, -0.15) is 0 Å². The lowest BCUT2D eigenvalue weighted by molar-refractivity contribution is 0.408. The maximum absolute atomic E-state index is 6.24. The van der Waals surface area contributed by atoms with E-state index in [-0.39, 0.29) is 6.04 Å². The Hall–Kier alpha value is -0.930. The molecule has 0 aliphatic rings. The van der Waals surface area contributed by atoms with Crippen molar-refractivity contribution in [2.75, 3.05) is 7.11 Å². The van der Waals surface area contributed by atoms with Crippen molar-refractivity contribution in [2.24, 2.45) is 5.73 Å². The van der Waals surface area contributed by atoms with Crippen LogP contribution in [0.3, 0.4) is 0 Å². The second kappa shape index (κ2) is 6.02. The van der Waals surface area contributed by atoms with Crippen molar-refractivity contribution in [3.8, 4) is 5.75 Å². The molecule has 2 rings (SSSR count). The fraction of sp³-hybridized carbons (Fsp3) is 0.143. The van der Waals surface area contributed by atoms with Crippen LogP contribution in [0.4, 0.5) is 0 Å². The molecule has 0 fully saturated rings. The van der Waals surface area contributed by atoms with Gasteiger partial charge in [-0.05, 0) is 35.9 Å². The first-order valence-electron chi connectivity index (χ1n) is 5.57. The molecule has 0 saturated heterocycles. The zero-order valence-corrected chi connectivity index (χ0v) is 12.4. The Morgan fingerprint density at radius 2 is 1.74 bits per heavy atom. The Kier molecular flexibility index (Phi) is 4.58. The van der Waals surface area contributed by atoms with Gasteiger partial charge in [-0.1, -0.05) is 40.9 Å². The first-order chi connectivity index (χ1) is 9.02. The molecule has 0 aromatic heterocycles. The third-order valence-electron chi connectivity index (χ3n) is 2.83. The molecule has 2 aromatic rings. The highest BCUT2D eigenvalue weighted by atomic mass is 35.5. The van der Waals surface area contributed by atoms with E-state index in [4.69, 9.17) is 45.3 Å². The molecule has 0 saturated carbocycles. The molecule has 0 bridgehead atoms. The summed E-state index contributed by atoms with van der Waals surface area (Å²) in [7, 11) is 1.59. The Morgan fingerprint density at radius 3 is 2.37 bits per heavy atom. The number of nitrogens with two attached hydrogens (primary N) is 1. The van der Waals surface area contributed by atoms with Crippen LogP contribution < -0.4 is 10.5 Å². The summed E-state index contributed by atoms with van der Waals surface area (Å²) >= 11 is 17.9. The van der Waals surface area contributed by atoms with Crippen LogP contribution in [-0.2, 0) is 0 Å². The molecule has 0 amide bonds. The van der Waals surface area contributed by atoms with Crippen LogP contribution in [0.15, 0.2) is 36.4 Å². The second-order valence-corrected chi connectivity index (χ2v) is 5.29. The van der Waals surface area contributed by atoms with E-state index >= 15 is 0 Å². The van der Waals surface area contributed by atoms with Crippen LogP contribution in [0.5, 0.6) is 5.75 Å². The fourth-order valence-corrected chi connectivity index (χ4v) is 2.32. The molecule has 1 atom stereocenters. The van der Waals surface area contributed by atoms with Crippen molar-refractivity contribution in [2.45, 2.75) is 6.04 Å². The van der Waals surface area contributed by atoms with E-state index in [1.807, 2.05) is 6.07 Å². The van der Waals surface area contributed by atoms with Gasteiger partial charge in [0.15, 0.2) is 0 Å². The molecule has 0 heterocycles. The van der Waals surface area contributed by atoms with Crippen LogP contribution in [0, 0.1) is 0 Å². The summed E-state index contributed by atoms with van der Waals surface area (Å²) in [5, 5.41) is 1.57. The van der Waals surface area contributed by atoms with Gasteiger partial charge in [0.1, 0.15) is 5.75 Å². The molecule has 5 heteroatoms. The average molecular weight is 317 g/mol. The molecule has 100 valence electrons. The predicted molar refractivity (Wildman–Crippen MR) is 80.5 cm³/mol. The normalized spacial score (nSPS) is 12.3. The summed E-state index contributed by atoms with van der Waals surface area (Å²) < 4.78 is 5.30. The zero-order valence-electron chi connectivity index (χ0n) is 10.2. The number of benzene rings is 2. The van der Waals surface area contributed by atoms with E-state index in [1.54, 1.807) is 37.4 Å². The third kappa shape index (κ3) is 3.15. The van der Waals surface area contributed by atoms with Gasteiger partial charge in [0.05, 0.1) is 23.2 Å². The van der Waals surface area contributed by atoms with E-state index in [2.05, 4.69) is 0 Å². The van der Waals surface area contributed by atoms with E-state index in [1.165, 1.54) is 0 Å². The van der Waals surface area contributed by atoms with Crippen molar-refractivity contribution in [1.29, 1.82) is 0 Å². The summed E-state index contributed by atoms with van der Waals surface area (Å²) in [6.07, 6.45) is 0. The number of halogens is 3. The smallest absolute Gasteiger partial charge is 0.124 e. The lowest BCUT2D eigenvalue weighted by Gasteiger charge is -2.17. The largest absolute Gasteiger partial charge is 0.496 e. The van der Waals surface area contributed by atoms with Gasteiger partial charge >= 0.3 is 0 Å². The number of hydrogen-bond acceptors (Lipinski definition) is 2. The number of ether oxygens (including phenoxy) is 1. The molecule has 0 spiro atoms. The first-order valence-corrected chi connectivity index (χ1v) is 6.70. The highest BCUT2D eigenvalue weighted by molar-refractivity contribution is 6.42. The van der Waals surface area contributed by atoms with Crippen LogP contribution in [0.2, 0.25) is 15.1 Å². The molecule has 0 aliphatic carbocycles. The van der Waals surface area contributed by atoms with E-state index in [0.29, 0.717) is 20.8 Å². The minimum absolute atomic E-state index is 0.386. The SMILES string of the molecule is COc1ccc(Cl)cc1C(N)c1ccc(Cl)c(Cl)c1. The molecule has 2 N–H and O–H groups in total. The van der Waals surface area contributed by atoms with Gasteiger partial charge in [0.2, 0.25) is 0 Å². The minimum Gasteiger partial charge on any atom is -0.496 e. The van der Waals surface area contributed by atoms with Gasteiger partial charge < -0.3 is 10.5 Å². The maximum atomic E-state index is 6.24. The standard InChI is InChI=1S/C14H12Cl3NO/c1-19-13-5-3-9(15)7-10(13)14(18)8-2-4-11(16)12(17)6-8/h2-7,14H,18H2,1H3. The van der Waals surface area contributed by atoms with Crippen molar-refractivity contribution in [1.82, 2.24) is 0 Å². The van der Waals surface area contributed by atoms with Gasteiger partial charge in [0, 0.05) is 10.6 Å². The highest BCUT2D eigenvalue weighted by Gasteiger charge is 2.15. The summed E-state index contributed by atoms with van der Waals surface area (Å²) in [5.41, 5.74) is 7.88. The Bertz CT molecular complexity index is 601. The fourth-order valence-electron chi connectivity index (χ4n) is 1.83. The van der Waals surface area contributed by atoms with Crippen LogP contribution in [-0.4, -0.2) is 7.11 Å². The lowest BCUT2D eigenvalue weighted by Crippen LogP contribution is -2.13. The topological polar surface area (TPSA) is 35.2 Å². The molecule has 1 unspecified atom stereocenters. The molecule has 2 nitrogen and oxygen atoms in total. The monoisotopic (exact) mass is 315 g/mol. The Labute approximate surface area is 127 Å². The molecular weight excluding hydrogens is 305 g/mol. The Morgan fingerprint density at radius 1 is 1.00 bits per heavy atom. The molecule has 19 heavy (non-hydrogen) atoms. The van der Waals surface area contributed by atoms with Gasteiger partial charge in [-0.25, -0.2) is 0 Å². The van der Waals surface area contributed by atoms with E-state index in [0.717, 1.165) is 11.1 Å². The van der Waals surface area contributed by atoms with Gasteiger partial charge in [-0.15, -0.1) is 0 Å². The van der Waals surface area contributed by atoms with E-state index < -0.39 is 0 Å². The lowest BCUT2D eigenvalue weighted by atomic mass is 9.99. The van der Waals surface area contributed by atoms with Crippen molar-refractivity contribution in [3.05, 3.63) is 62.6 Å². The predicted octanol–water partition coefficient (Wildman–Crippen LogP) is 4.70. The second-order valence-electron chi connectivity index (χ2n) is 4.04. The minimum atomic E-state index is -0.386. The van der Waals surface area contributed by atoms with Crippen molar-refractivity contribution in [3.63, 3.8) is 0 Å². The number of methoxy groups -OCH3 is 1. The van der Waals surface area contributed by atoms with Gasteiger partial charge in [0.25, 0.3) is 0 Å². The zero-order chi connectivity index (χ0) is 14.0. The summed E-state index contributed by atoms with van der Waals surface area (Å²) in [6, 6.07) is 10.2. The van der Waals surface area contributed by atoms with Gasteiger partial charge in [-0.3, -0.25) is 0 Å². The van der Waals surface area contributed by atoms with Crippen LogP contribution in [0.25, 0.3) is 0 Å². The molecular formula is C14H12Cl3NO. The molecule has 0 radical (unpaired) electrons. The molecule has 0 aliphatic heterocycles. The van der Waals surface area contributed by atoms with Crippen molar-refractivity contribution < 1.29 is 4.74 Å². The average Bonchev–Trinajstić information content (AvgIpc) is 2.41. The number of rotatable bonds is 3. The number of hydrogen-bond donors (Lipinski definition) is 1. The van der Waals surface area contributed by atoms with Crippen LogP contribution >= 0.6 is 34.8 Å². The summed E-state index contributed by atoms with van der Waals surface area (Å²) in [4.78, 5) is 0. The Balaban J connectivity index is 2.45. The first kappa shape index (κ1) is 14.5. The van der Waals surface area contributed by atoms with Crippen molar-refractivity contribution >= 4 is 34.8 Å². The van der Waals surface area contributed by atoms with E-state index in [9.17, 15) is 0 Å². The highest BCUT2D eigenvalue weighted by Crippen LogP contribution is 2.33. The molecule has 2 aromatic carbocycles. The third-order valence-corrected chi connectivity index (χ3v) is 3.80.